The number of carbonyl (C=O) groups excluding carboxylic acids is 2. The van der Waals surface area contributed by atoms with E-state index in [0.29, 0.717) is 0 Å². The maximum Gasteiger partial charge on any atom is 0.349 e. The molecule has 2 rings (SSSR count). The Kier molecular flexibility index (Phi) is 5.08. The molecule has 24 heavy (non-hydrogen) atoms. The van der Waals surface area contributed by atoms with Gasteiger partial charge in [0.15, 0.2) is 0 Å². The molecule has 7 nitrogen and oxygen atoms in total. The molecule has 1 aliphatic rings. The second-order valence-electron chi connectivity index (χ2n) is 5.65. The van der Waals surface area contributed by atoms with Crippen LogP contribution in [0, 0.1) is 6.92 Å². The van der Waals surface area contributed by atoms with E-state index in [1.54, 1.807) is 19.1 Å². The predicted molar refractivity (Wildman–Crippen MR) is 90.9 cm³/mol. The van der Waals surface area contributed by atoms with Crippen molar-refractivity contribution in [2.24, 2.45) is 0 Å². The maximum atomic E-state index is 13.1. The Balaban J connectivity index is 2.68. The third-order valence-corrected chi connectivity index (χ3v) is 6.70. The van der Waals surface area contributed by atoms with E-state index in [9.17, 15) is 18.0 Å². The number of ether oxygens (including phenoxy) is 1. The van der Waals surface area contributed by atoms with Gasteiger partial charge in [0.1, 0.15) is 6.04 Å². The van der Waals surface area contributed by atoms with Gasteiger partial charge in [-0.05, 0) is 32.9 Å². The van der Waals surface area contributed by atoms with Gasteiger partial charge in [-0.25, -0.2) is 13.2 Å². The van der Waals surface area contributed by atoms with Crippen LogP contribution >= 0.6 is 15.9 Å². The lowest BCUT2D eigenvalue weighted by Crippen LogP contribution is -2.65. The SMILES string of the molecule is COC(=O)C1(C(C)Br)NC(=O)C(C)N1S(=O)(=O)c1ccc(C)cc1. The lowest BCUT2D eigenvalue weighted by molar-refractivity contribution is -0.152. The molecule has 0 radical (unpaired) electrons. The molecular formula is C15H19BrN2O5S. The Morgan fingerprint density at radius 2 is 1.92 bits per heavy atom. The molecule has 0 spiro atoms. The zero-order chi connectivity index (χ0) is 18.3. The smallest absolute Gasteiger partial charge is 0.349 e. The van der Waals surface area contributed by atoms with Gasteiger partial charge in [-0.2, -0.15) is 0 Å². The number of aryl methyl sites for hydroxylation is 1. The molecule has 1 aliphatic heterocycles. The molecule has 1 saturated heterocycles. The van der Waals surface area contributed by atoms with Crippen LogP contribution in [0.25, 0.3) is 0 Å². The van der Waals surface area contributed by atoms with Gasteiger partial charge in [0, 0.05) is 0 Å². The third kappa shape index (κ3) is 2.74. The van der Waals surface area contributed by atoms with E-state index < -0.39 is 38.4 Å². The topological polar surface area (TPSA) is 92.8 Å². The fourth-order valence-corrected chi connectivity index (χ4v) is 5.25. The first-order valence-corrected chi connectivity index (χ1v) is 9.60. The Morgan fingerprint density at radius 1 is 1.38 bits per heavy atom. The molecule has 0 saturated carbocycles. The highest BCUT2D eigenvalue weighted by atomic mass is 79.9. The number of nitrogens with zero attached hydrogens (tertiary/aromatic N) is 1. The summed E-state index contributed by atoms with van der Waals surface area (Å²) in [6, 6.07) is 5.14. The van der Waals surface area contributed by atoms with E-state index in [0.717, 1.165) is 17.0 Å². The lowest BCUT2D eigenvalue weighted by atomic mass is 10.1. The molecule has 1 fully saturated rings. The monoisotopic (exact) mass is 418 g/mol. The summed E-state index contributed by atoms with van der Waals surface area (Å²) >= 11 is 3.25. The van der Waals surface area contributed by atoms with E-state index in [4.69, 9.17) is 4.74 Å². The normalized spacial score (nSPS) is 26.0. The van der Waals surface area contributed by atoms with Gasteiger partial charge >= 0.3 is 5.97 Å². The lowest BCUT2D eigenvalue weighted by Gasteiger charge is -2.37. The molecule has 9 heteroatoms. The number of methoxy groups -OCH3 is 1. The van der Waals surface area contributed by atoms with E-state index >= 15 is 0 Å². The zero-order valence-corrected chi connectivity index (χ0v) is 16.1. The average molecular weight is 419 g/mol. The van der Waals surface area contributed by atoms with Crippen molar-refractivity contribution in [3.8, 4) is 0 Å². The van der Waals surface area contributed by atoms with Gasteiger partial charge < -0.3 is 10.1 Å². The van der Waals surface area contributed by atoms with Gasteiger partial charge in [0.2, 0.25) is 21.6 Å². The average Bonchev–Trinajstić information content (AvgIpc) is 2.80. The fraction of sp³-hybridized carbons (Fsp3) is 0.467. The maximum absolute atomic E-state index is 13.1. The van der Waals surface area contributed by atoms with Gasteiger partial charge in [-0.1, -0.05) is 33.6 Å². The number of rotatable bonds is 4. The highest BCUT2D eigenvalue weighted by molar-refractivity contribution is 9.09. The predicted octanol–water partition coefficient (Wildman–Crippen LogP) is 1.16. The molecule has 1 amide bonds. The van der Waals surface area contributed by atoms with E-state index in [1.165, 1.54) is 19.1 Å². The first-order valence-electron chi connectivity index (χ1n) is 7.24. The molecule has 1 N–H and O–H groups in total. The molecule has 0 bridgehead atoms. The number of halogens is 1. The van der Waals surface area contributed by atoms with Crippen LogP contribution in [0.1, 0.15) is 19.4 Å². The van der Waals surface area contributed by atoms with Crippen molar-refractivity contribution in [1.29, 1.82) is 0 Å². The highest BCUT2D eigenvalue weighted by Crippen LogP contribution is 2.36. The van der Waals surface area contributed by atoms with Crippen molar-refractivity contribution in [3.05, 3.63) is 29.8 Å². The molecular weight excluding hydrogens is 400 g/mol. The molecule has 3 atom stereocenters. The summed E-state index contributed by atoms with van der Waals surface area (Å²) in [6.07, 6.45) is 0. The van der Waals surface area contributed by atoms with Crippen LogP contribution in [0.4, 0.5) is 0 Å². The van der Waals surface area contributed by atoms with Gasteiger partial charge in [-0.3, -0.25) is 4.79 Å². The second-order valence-corrected chi connectivity index (χ2v) is 8.84. The quantitative estimate of drug-likeness (QED) is 0.584. The van der Waals surface area contributed by atoms with Crippen LogP contribution in [-0.2, 0) is 24.3 Å². The first-order chi connectivity index (χ1) is 11.1. The third-order valence-electron chi connectivity index (χ3n) is 4.04. The number of benzene rings is 1. The van der Waals surface area contributed by atoms with E-state index in [1.807, 2.05) is 6.92 Å². The first kappa shape index (κ1) is 18.9. The summed E-state index contributed by atoms with van der Waals surface area (Å²) < 4.78 is 32.0. The molecule has 1 heterocycles. The van der Waals surface area contributed by atoms with Crippen LogP contribution in [0.3, 0.4) is 0 Å². The minimum atomic E-state index is -4.13. The van der Waals surface area contributed by atoms with Gasteiger partial charge in [0.05, 0.1) is 16.8 Å². The van der Waals surface area contributed by atoms with Crippen molar-refractivity contribution in [2.45, 2.75) is 42.2 Å². The summed E-state index contributed by atoms with van der Waals surface area (Å²) in [7, 11) is -2.98. The van der Waals surface area contributed by atoms with Crippen molar-refractivity contribution < 1.29 is 22.7 Å². The van der Waals surface area contributed by atoms with Crippen LogP contribution < -0.4 is 5.32 Å². The Labute approximate surface area is 149 Å². The minimum absolute atomic E-state index is 0.00196. The number of alkyl halides is 1. The fourth-order valence-electron chi connectivity index (χ4n) is 2.71. The minimum Gasteiger partial charge on any atom is -0.466 e. The highest BCUT2D eigenvalue weighted by Gasteiger charge is 2.63. The standard InChI is InChI=1S/C15H19BrN2O5S/c1-9-5-7-12(8-6-9)24(21,22)18-10(2)13(19)17-15(18,11(3)16)14(20)23-4/h5-8,10-11H,1-4H3,(H,17,19). The summed E-state index contributed by atoms with van der Waals surface area (Å²) in [5.41, 5.74) is -0.958. The van der Waals surface area contributed by atoms with Crippen LogP contribution in [0.2, 0.25) is 0 Å². The Bertz CT molecular complexity index is 763. The van der Waals surface area contributed by atoms with E-state index in [-0.39, 0.29) is 4.90 Å². The second kappa shape index (κ2) is 6.45. The number of esters is 1. The molecule has 1 aromatic carbocycles. The number of hydrogen-bond acceptors (Lipinski definition) is 5. The van der Waals surface area contributed by atoms with Crippen molar-refractivity contribution in [2.75, 3.05) is 7.11 Å². The molecule has 3 unspecified atom stereocenters. The Hall–Kier alpha value is -1.45. The van der Waals surface area contributed by atoms with Crippen LogP contribution in [0.5, 0.6) is 0 Å². The van der Waals surface area contributed by atoms with Crippen molar-refractivity contribution >= 4 is 37.8 Å². The zero-order valence-electron chi connectivity index (χ0n) is 13.7. The summed E-state index contributed by atoms with van der Waals surface area (Å²) in [6.45, 7) is 4.84. The number of carbonyl (C=O) groups is 2. The number of sulfonamides is 1. The van der Waals surface area contributed by atoms with E-state index in [2.05, 4.69) is 21.2 Å². The van der Waals surface area contributed by atoms with Crippen LogP contribution in [-0.4, -0.2) is 48.2 Å². The molecule has 1 aromatic rings. The molecule has 0 aromatic heterocycles. The van der Waals surface area contributed by atoms with Crippen molar-refractivity contribution in [3.63, 3.8) is 0 Å². The number of nitrogens with one attached hydrogen (secondary N) is 1. The molecule has 132 valence electrons. The Morgan fingerprint density at radius 3 is 2.38 bits per heavy atom. The van der Waals surface area contributed by atoms with Gasteiger partial charge in [-0.15, -0.1) is 4.31 Å². The van der Waals surface area contributed by atoms with Crippen LogP contribution in [0.15, 0.2) is 29.2 Å². The van der Waals surface area contributed by atoms with Gasteiger partial charge in [0.25, 0.3) is 0 Å². The summed E-state index contributed by atoms with van der Waals surface area (Å²) in [5, 5.41) is 2.49. The largest absolute Gasteiger partial charge is 0.466 e. The number of hydrogen-bond donors (Lipinski definition) is 1. The number of amides is 1. The molecule has 0 aliphatic carbocycles. The summed E-state index contributed by atoms with van der Waals surface area (Å²) in [4.78, 5) is 23.9. The summed E-state index contributed by atoms with van der Waals surface area (Å²) in [5.74, 6) is -1.43. The van der Waals surface area contributed by atoms with Crippen molar-refractivity contribution in [1.82, 2.24) is 9.62 Å².